The van der Waals surface area contributed by atoms with Gasteiger partial charge in [0.1, 0.15) is 0 Å². The normalized spacial score (nSPS) is 12.0. The molecule has 0 radical (unpaired) electrons. The summed E-state index contributed by atoms with van der Waals surface area (Å²) in [5.41, 5.74) is 1.39. The molecule has 0 saturated heterocycles. The van der Waals surface area contributed by atoms with Crippen LogP contribution in [0.5, 0.6) is 0 Å². The number of nitrogens with one attached hydrogen (secondary N) is 1. The summed E-state index contributed by atoms with van der Waals surface area (Å²) >= 11 is 13.2. The molecule has 1 atom stereocenters. The predicted molar refractivity (Wildman–Crippen MR) is 130 cm³/mol. The minimum absolute atomic E-state index is 0.156. The first kappa shape index (κ1) is 22.3. The van der Waals surface area contributed by atoms with Crippen molar-refractivity contribution in [2.24, 2.45) is 0 Å². The average Bonchev–Trinajstić information content (AvgIpc) is 2.79. The van der Waals surface area contributed by atoms with Crippen LogP contribution >= 0.6 is 35.0 Å². The first-order valence-electron chi connectivity index (χ1n) is 9.74. The Kier molecular flexibility index (Phi) is 6.79. The smallest absolute Gasteiger partial charge is 0.262 e. The first-order valence-corrected chi connectivity index (χ1v) is 11.4. The van der Waals surface area contributed by atoms with Crippen molar-refractivity contribution < 1.29 is 4.79 Å². The zero-order valence-corrected chi connectivity index (χ0v) is 19.3. The molecule has 2 heterocycles. The molecular weight excluding hydrogens is 467 g/mol. The van der Waals surface area contributed by atoms with E-state index in [1.807, 2.05) is 42.5 Å². The number of halogens is 2. The lowest BCUT2D eigenvalue weighted by Gasteiger charge is -2.16. The zero-order chi connectivity index (χ0) is 22.7. The van der Waals surface area contributed by atoms with Gasteiger partial charge < -0.3 is 5.32 Å². The fourth-order valence-corrected chi connectivity index (χ4v) is 4.41. The van der Waals surface area contributed by atoms with Gasteiger partial charge in [0.15, 0.2) is 11.0 Å². The molecule has 9 heteroatoms. The maximum atomic E-state index is 13.2. The van der Waals surface area contributed by atoms with Gasteiger partial charge in [0.2, 0.25) is 5.91 Å². The summed E-state index contributed by atoms with van der Waals surface area (Å²) in [6.45, 7) is 2.08. The number of aromatic nitrogens is 3. The Balaban J connectivity index is 1.65. The quantitative estimate of drug-likeness (QED) is 0.298. The molecular formula is C23H18Cl2N4O2S. The number of benzene rings is 2. The summed E-state index contributed by atoms with van der Waals surface area (Å²) < 4.78 is 1.60. The standard InChI is InChI=1S/C23H18Cl2N4O2S/c1-14(21(30)28-20-18(25)11-16(24)12-26-20)32-23-27-19-10-6-5-9-17(19)22(31)29(23)13-15-7-3-2-4-8-15/h2-12,14H,13H2,1H3,(H,26,28,30). The SMILES string of the molecule is CC(Sc1nc2ccccc2c(=O)n1Cc1ccccc1)C(=O)Nc1ncc(Cl)cc1Cl. The second-order valence-electron chi connectivity index (χ2n) is 7.02. The lowest BCUT2D eigenvalue weighted by Crippen LogP contribution is -2.27. The third-order valence-electron chi connectivity index (χ3n) is 4.71. The number of anilines is 1. The van der Waals surface area contributed by atoms with Crippen LogP contribution in [-0.4, -0.2) is 25.7 Å². The number of thioether (sulfide) groups is 1. The summed E-state index contributed by atoms with van der Waals surface area (Å²) in [6, 6.07) is 18.3. The van der Waals surface area contributed by atoms with E-state index >= 15 is 0 Å². The summed E-state index contributed by atoms with van der Waals surface area (Å²) in [4.78, 5) is 34.8. The van der Waals surface area contributed by atoms with E-state index in [1.54, 1.807) is 23.6 Å². The molecule has 0 aliphatic carbocycles. The molecule has 4 rings (SSSR count). The van der Waals surface area contributed by atoms with Crippen molar-refractivity contribution in [2.45, 2.75) is 23.9 Å². The topological polar surface area (TPSA) is 76.9 Å². The maximum Gasteiger partial charge on any atom is 0.262 e. The molecule has 162 valence electrons. The molecule has 2 aromatic carbocycles. The van der Waals surface area contributed by atoms with Gasteiger partial charge >= 0.3 is 0 Å². The number of nitrogens with zero attached hydrogens (tertiary/aromatic N) is 3. The van der Waals surface area contributed by atoms with Crippen molar-refractivity contribution in [1.82, 2.24) is 14.5 Å². The molecule has 1 amide bonds. The Morgan fingerprint density at radius 1 is 1.12 bits per heavy atom. The van der Waals surface area contributed by atoms with Crippen molar-refractivity contribution in [3.63, 3.8) is 0 Å². The number of hydrogen-bond donors (Lipinski definition) is 1. The number of hydrogen-bond acceptors (Lipinski definition) is 5. The third-order valence-corrected chi connectivity index (χ3v) is 6.30. The Hall–Kier alpha value is -2.87. The van der Waals surface area contributed by atoms with Gasteiger partial charge in [0.05, 0.1) is 32.7 Å². The number of carbonyl (C=O) groups is 1. The van der Waals surface area contributed by atoms with E-state index in [-0.39, 0.29) is 22.3 Å². The van der Waals surface area contributed by atoms with Gasteiger partial charge in [-0.2, -0.15) is 0 Å². The fourth-order valence-electron chi connectivity index (χ4n) is 3.08. The van der Waals surface area contributed by atoms with Crippen LogP contribution < -0.4 is 10.9 Å². The second kappa shape index (κ2) is 9.73. The highest BCUT2D eigenvalue weighted by Gasteiger charge is 2.21. The van der Waals surface area contributed by atoms with Crippen molar-refractivity contribution in [1.29, 1.82) is 0 Å². The van der Waals surface area contributed by atoms with E-state index in [1.165, 1.54) is 24.0 Å². The minimum atomic E-state index is -0.571. The molecule has 32 heavy (non-hydrogen) atoms. The van der Waals surface area contributed by atoms with Gasteiger partial charge in [-0.1, -0.05) is 77.4 Å². The molecule has 1 unspecified atom stereocenters. The van der Waals surface area contributed by atoms with Crippen molar-refractivity contribution >= 4 is 57.6 Å². The van der Waals surface area contributed by atoms with E-state index < -0.39 is 5.25 Å². The number of para-hydroxylation sites is 1. The summed E-state index contributed by atoms with van der Waals surface area (Å²) in [7, 11) is 0. The van der Waals surface area contributed by atoms with Gasteiger partial charge in [-0.05, 0) is 30.7 Å². The largest absolute Gasteiger partial charge is 0.308 e. The molecule has 0 bridgehead atoms. The molecule has 0 aliphatic rings. The molecule has 0 aliphatic heterocycles. The van der Waals surface area contributed by atoms with Crippen LogP contribution in [0.15, 0.2) is 76.8 Å². The highest BCUT2D eigenvalue weighted by atomic mass is 35.5. The second-order valence-corrected chi connectivity index (χ2v) is 9.17. The van der Waals surface area contributed by atoms with E-state index in [0.717, 1.165) is 5.56 Å². The lowest BCUT2D eigenvalue weighted by atomic mass is 10.2. The average molecular weight is 485 g/mol. The Morgan fingerprint density at radius 3 is 2.59 bits per heavy atom. The monoisotopic (exact) mass is 484 g/mol. The molecule has 0 saturated carbocycles. The fraction of sp³-hybridized carbons (Fsp3) is 0.130. The maximum absolute atomic E-state index is 13.2. The molecule has 2 aromatic heterocycles. The summed E-state index contributed by atoms with van der Waals surface area (Å²) in [5, 5.41) is 3.73. The van der Waals surface area contributed by atoms with Crippen LogP contribution in [0, 0.1) is 0 Å². The number of pyridine rings is 1. The Morgan fingerprint density at radius 2 is 1.84 bits per heavy atom. The minimum Gasteiger partial charge on any atom is -0.308 e. The van der Waals surface area contributed by atoms with Crippen LogP contribution in [0.2, 0.25) is 10.0 Å². The highest BCUT2D eigenvalue weighted by molar-refractivity contribution is 8.00. The molecule has 6 nitrogen and oxygen atoms in total. The van der Waals surface area contributed by atoms with E-state index in [9.17, 15) is 9.59 Å². The first-order chi connectivity index (χ1) is 15.4. The Labute approximate surface area is 198 Å². The molecule has 0 fully saturated rings. The third kappa shape index (κ3) is 4.96. The van der Waals surface area contributed by atoms with E-state index in [2.05, 4.69) is 15.3 Å². The Bertz CT molecular complexity index is 1350. The van der Waals surface area contributed by atoms with Crippen LogP contribution in [0.3, 0.4) is 0 Å². The lowest BCUT2D eigenvalue weighted by molar-refractivity contribution is -0.115. The van der Waals surface area contributed by atoms with E-state index in [4.69, 9.17) is 23.2 Å². The van der Waals surface area contributed by atoms with Crippen LogP contribution in [0.4, 0.5) is 5.82 Å². The van der Waals surface area contributed by atoms with E-state index in [0.29, 0.717) is 27.6 Å². The van der Waals surface area contributed by atoms with Crippen molar-refractivity contribution in [2.75, 3.05) is 5.32 Å². The van der Waals surface area contributed by atoms with Crippen molar-refractivity contribution in [3.05, 3.63) is 92.8 Å². The number of amides is 1. The number of rotatable bonds is 6. The highest BCUT2D eigenvalue weighted by Crippen LogP contribution is 2.26. The van der Waals surface area contributed by atoms with Crippen LogP contribution in [-0.2, 0) is 11.3 Å². The van der Waals surface area contributed by atoms with Gasteiger partial charge in [-0.15, -0.1) is 0 Å². The van der Waals surface area contributed by atoms with Crippen LogP contribution in [0.1, 0.15) is 12.5 Å². The number of fused-ring (bicyclic) bond motifs is 1. The number of carbonyl (C=O) groups excluding carboxylic acids is 1. The van der Waals surface area contributed by atoms with Gasteiger partial charge in [-0.3, -0.25) is 14.2 Å². The predicted octanol–water partition coefficient (Wildman–Crippen LogP) is 5.27. The summed E-state index contributed by atoms with van der Waals surface area (Å²) in [5.74, 6) is -0.0953. The molecule has 4 aromatic rings. The van der Waals surface area contributed by atoms with Gasteiger partial charge in [0, 0.05) is 6.20 Å². The van der Waals surface area contributed by atoms with Crippen molar-refractivity contribution in [3.8, 4) is 0 Å². The molecule has 1 N–H and O–H groups in total. The van der Waals surface area contributed by atoms with Crippen LogP contribution in [0.25, 0.3) is 10.9 Å². The summed E-state index contributed by atoms with van der Waals surface area (Å²) in [6.07, 6.45) is 1.41. The zero-order valence-electron chi connectivity index (χ0n) is 17.0. The molecule has 0 spiro atoms. The van der Waals surface area contributed by atoms with Gasteiger partial charge in [0.25, 0.3) is 5.56 Å². The van der Waals surface area contributed by atoms with Gasteiger partial charge in [-0.25, -0.2) is 9.97 Å².